The van der Waals surface area contributed by atoms with Gasteiger partial charge in [-0.15, -0.1) is 11.3 Å². The molecule has 1 aliphatic carbocycles. The van der Waals surface area contributed by atoms with Gasteiger partial charge < -0.3 is 20.3 Å². The summed E-state index contributed by atoms with van der Waals surface area (Å²) in [5.41, 5.74) is 1.03. The summed E-state index contributed by atoms with van der Waals surface area (Å²) < 4.78 is 45.9. The van der Waals surface area contributed by atoms with Gasteiger partial charge in [-0.25, -0.2) is 9.97 Å². The maximum Gasteiger partial charge on any atom is 0.418 e. The molecule has 1 aliphatic rings. The maximum atomic E-state index is 13.3. The van der Waals surface area contributed by atoms with Crippen molar-refractivity contribution in [3.63, 3.8) is 0 Å². The average molecular weight is 452 g/mol. The first-order chi connectivity index (χ1) is 14.8. The number of hydrogen-bond acceptors (Lipinski definition) is 8. The van der Waals surface area contributed by atoms with Crippen molar-refractivity contribution in [2.75, 3.05) is 11.9 Å². The molecule has 31 heavy (non-hydrogen) atoms. The molecule has 0 aliphatic heterocycles. The van der Waals surface area contributed by atoms with Crippen LogP contribution >= 0.6 is 11.3 Å². The van der Waals surface area contributed by atoms with Crippen LogP contribution < -0.4 is 10.1 Å². The van der Waals surface area contributed by atoms with Gasteiger partial charge in [0, 0.05) is 17.8 Å². The summed E-state index contributed by atoms with van der Waals surface area (Å²) in [5.74, 6) is -0.00627. The third-order valence-electron chi connectivity index (χ3n) is 4.85. The first-order valence-corrected chi connectivity index (χ1v) is 10.4. The maximum absolute atomic E-state index is 13.3. The minimum Gasteiger partial charge on any atom is -0.480 e. The predicted octanol–water partition coefficient (Wildman–Crippen LogP) is 4.18. The van der Waals surface area contributed by atoms with Crippen LogP contribution in [0.15, 0.2) is 36.0 Å². The van der Waals surface area contributed by atoms with Crippen LogP contribution in [-0.4, -0.2) is 31.8 Å². The lowest BCUT2D eigenvalue weighted by molar-refractivity contribution is -0.138. The Bertz CT molecular complexity index is 1060. The quantitative estimate of drug-likeness (QED) is 0.516. The fraction of sp³-hybridized carbons (Fsp3) is 0.350. The number of rotatable bonds is 6. The number of ether oxygens (including phenoxy) is 1. The van der Waals surface area contributed by atoms with E-state index in [1.807, 2.05) is 12.1 Å². The van der Waals surface area contributed by atoms with Crippen molar-refractivity contribution in [1.29, 1.82) is 0 Å². The summed E-state index contributed by atoms with van der Waals surface area (Å²) in [7, 11) is 0. The van der Waals surface area contributed by atoms with Crippen molar-refractivity contribution in [3.8, 4) is 5.75 Å². The Kier molecular flexibility index (Phi) is 6.08. The zero-order valence-electron chi connectivity index (χ0n) is 16.1. The van der Waals surface area contributed by atoms with Crippen LogP contribution in [0.4, 0.5) is 24.1 Å². The molecule has 0 bridgehead atoms. The Morgan fingerprint density at radius 1 is 1.32 bits per heavy atom. The van der Waals surface area contributed by atoms with Crippen LogP contribution in [0.25, 0.3) is 0 Å². The van der Waals surface area contributed by atoms with E-state index in [1.54, 1.807) is 6.20 Å². The summed E-state index contributed by atoms with van der Waals surface area (Å²) in [6.45, 7) is -0.496. The van der Waals surface area contributed by atoms with E-state index >= 15 is 0 Å². The normalized spacial score (nSPS) is 17.1. The molecule has 11 heteroatoms. The van der Waals surface area contributed by atoms with Gasteiger partial charge >= 0.3 is 6.18 Å². The molecule has 4 rings (SSSR count). The van der Waals surface area contributed by atoms with E-state index in [9.17, 15) is 18.3 Å². The molecule has 0 amide bonds. The molecule has 2 unspecified atom stereocenters. The number of anilines is 2. The number of aliphatic hydroxyl groups excluding tert-OH is 2. The van der Waals surface area contributed by atoms with Crippen LogP contribution in [0.3, 0.4) is 0 Å². The van der Waals surface area contributed by atoms with Crippen molar-refractivity contribution in [2.45, 2.75) is 37.6 Å². The lowest BCUT2D eigenvalue weighted by Gasteiger charge is -2.26. The summed E-state index contributed by atoms with van der Waals surface area (Å²) in [4.78, 5) is 12.4. The lowest BCUT2D eigenvalue weighted by atomic mass is 9.94. The molecule has 164 valence electrons. The summed E-state index contributed by atoms with van der Waals surface area (Å²) in [5, 5.41) is 23.4. The minimum atomic E-state index is -4.58. The zero-order chi connectivity index (χ0) is 22.0. The van der Waals surface area contributed by atoms with Gasteiger partial charge in [0.2, 0.25) is 0 Å². The first-order valence-electron chi connectivity index (χ1n) is 9.54. The second-order valence-electron chi connectivity index (χ2n) is 7.02. The Morgan fingerprint density at radius 2 is 2.16 bits per heavy atom. The number of fused-ring (bicyclic) bond motifs is 1. The Balaban J connectivity index is 1.66. The highest BCUT2D eigenvalue weighted by molar-refractivity contribution is 7.13. The van der Waals surface area contributed by atoms with Crippen LogP contribution in [0.5, 0.6) is 5.75 Å². The number of aliphatic hydroxyl groups is 2. The highest BCUT2D eigenvalue weighted by Gasteiger charge is 2.33. The predicted molar refractivity (Wildman–Crippen MR) is 107 cm³/mol. The van der Waals surface area contributed by atoms with Crippen LogP contribution in [0, 0.1) is 0 Å². The van der Waals surface area contributed by atoms with E-state index in [2.05, 4.69) is 20.3 Å². The molecule has 3 aromatic heterocycles. The van der Waals surface area contributed by atoms with Crippen LogP contribution in [0.1, 0.15) is 47.6 Å². The van der Waals surface area contributed by atoms with Gasteiger partial charge in [0.05, 0.1) is 23.6 Å². The molecule has 0 spiro atoms. The van der Waals surface area contributed by atoms with Crippen molar-refractivity contribution in [2.24, 2.45) is 0 Å². The Labute approximate surface area is 179 Å². The zero-order valence-corrected chi connectivity index (χ0v) is 17.0. The number of nitrogens with one attached hydrogen (secondary N) is 1. The molecule has 0 fully saturated rings. The summed E-state index contributed by atoms with van der Waals surface area (Å²) in [6.07, 6.45) is -1.59. The molecule has 3 N–H and O–H groups in total. The van der Waals surface area contributed by atoms with Gasteiger partial charge in [-0.05, 0) is 37.0 Å². The van der Waals surface area contributed by atoms with Crippen molar-refractivity contribution in [3.05, 3.63) is 58.5 Å². The smallest absolute Gasteiger partial charge is 0.418 e. The first kappa shape index (κ1) is 21.5. The molecule has 3 aromatic rings. The number of thiazole rings is 1. The Morgan fingerprint density at radius 3 is 2.94 bits per heavy atom. The number of aryl methyl sites for hydroxylation is 1. The SMILES string of the molecule is OCC(O)c1csc(Nc2ncc(C(F)(F)F)cc2OC2CCCc3cccnc32)n1. The molecule has 0 saturated carbocycles. The Hall–Kier alpha value is -2.76. The lowest BCUT2D eigenvalue weighted by Crippen LogP contribution is -2.18. The molecule has 2 atom stereocenters. The minimum absolute atomic E-state index is 0.0652. The molecule has 0 radical (unpaired) electrons. The van der Waals surface area contributed by atoms with E-state index in [0.717, 1.165) is 42.0 Å². The third kappa shape index (κ3) is 4.78. The molecule has 7 nitrogen and oxygen atoms in total. The van der Waals surface area contributed by atoms with E-state index in [4.69, 9.17) is 9.84 Å². The highest BCUT2D eigenvalue weighted by Crippen LogP contribution is 2.39. The van der Waals surface area contributed by atoms with Gasteiger partial charge in [-0.3, -0.25) is 4.98 Å². The van der Waals surface area contributed by atoms with E-state index < -0.39 is 30.6 Å². The van der Waals surface area contributed by atoms with Crippen LogP contribution in [-0.2, 0) is 12.6 Å². The van der Waals surface area contributed by atoms with Gasteiger partial charge in [0.15, 0.2) is 16.7 Å². The standard InChI is InChI=1S/C20H19F3N4O3S/c21-20(22,23)12-7-16(30-15-5-1-3-11-4-2-6-24-17(11)15)18(25-8-12)27-19-26-13(10-31-19)14(29)9-28/h2,4,6-8,10,14-15,28-29H,1,3,5,9H2,(H,25,26,27). The van der Waals surface area contributed by atoms with Crippen LogP contribution in [0.2, 0.25) is 0 Å². The number of pyridine rings is 2. The fourth-order valence-electron chi connectivity index (χ4n) is 3.31. The van der Waals surface area contributed by atoms with E-state index in [1.165, 1.54) is 5.38 Å². The van der Waals surface area contributed by atoms with E-state index in [0.29, 0.717) is 17.2 Å². The van der Waals surface area contributed by atoms with E-state index in [-0.39, 0.29) is 17.3 Å². The number of alkyl halides is 3. The highest BCUT2D eigenvalue weighted by atomic mass is 32.1. The number of hydrogen-bond donors (Lipinski definition) is 3. The van der Waals surface area contributed by atoms with Crippen molar-refractivity contribution in [1.82, 2.24) is 15.0 Å². The monoisotopic (exact) mass is 452 g/mol. The summed E-state index contributed by atoms with van der Waals surface area (Å²) in [6, 6.07) is 4.66. The van der Waals surface area contributed by atoms with Crippen molar-refractivity contribution >= 4 is 22.3 Å². The van der Waals surface area contributed by atoms with Gasteiger partial charge in [-0.1, -0.05) is 6.07 Å². The topological polar surface area (TPSA) is 100 Å². The number of halogens is 3. The van der Waals surface area contributed by atoms with Gasteiger partial charge in [-0.2, -0.15) is 13.2 Å². The molecule has 0 saturated heterocycles. The number of aromatic nitrogens is 3. The largest absolute Gasteiger partial charge is 0.480 e. The third-order valence-corrected chi connectivity index (χ3v) is 5.63. The molecular weight excluding hydrogens is 433 g/mol. The second-order valence-corrected chi connectivity index (χ2v) is 7.87. The van der Waals surface area contributed by atoms with Gasteiger partial charge in [0.25, 0.3) is 0 Å². The second kappa shape index (κ2) is 8.77. The number of nitrogens with zero attached hydrogens (tertiary/aromatic N) is 3. The average Bonchev–Trinajstić information content (AvgIpc) is 3.22. The van der Waals surface area contributed by atoms with Gasteiger partial charge in [0.1, 0.15) is 12.2 Å². The summed E-state index contributed by atoms with van der Waals surface area (Å²) >= 11 is 1.12. The molecule has 3 heterocycles. The molecule has 0 aromatic carbocycles. The fourth-order valence-corrected chi connectivity index (χ4v) is 4.07. The molecular formula is C20H19F3N4O3S. The van der Waals surface area contributed by atoms with Crippen molar-refractivity contribution < 1.29 is 28.1 Å².